The highest BCUT2D eigenvalue weighted by Crippen LogP contribution is 2.36. The van der Waals surface area contributed by atoms with Gasteiger partial charge in [0.1, 0.15) is 11.8 Å². The molecule has 0 aliphatic heterocycles. The van der Waals surface area contributed by atoms with Crippen molar-refractivity contribution in [1.29, 1.82) is 5.26 Å². The van der Waals surface area contributed by atoms with E-state index in [0.29, 0.717) is 17.5 Å². The summed E-state index contributed by atoms with van der Waals surface area (Å²) in [7, 11) is 1.71. The van der Waals surface area contributed by atoms with Crippen LogP contribution in [0, 0.1) is 11.3 Å². The minimum atomic E-state index is -1.03. The van der Waals surface area contributed by atoms with Crippen LogP contribution in [0.3, 0.4) is 0 Å². The first-order chi connectivity index (χ1) is 13.6. The van der Waals surface area contributed by atoms with Gasteiger partial charge in [-0.3, -0.25) is 0 Å². The summed E-state index contributed by atoms with van der Waals surface area (Å²) in [5.41, 5.74) is 4.78. The first-order valence-electron chi connectivity index (χ1n) is 8.98. The molecule has 4 aromatic rings. The average molecular weight is 386 g/mol. The van der Waals surface area contributed by atoms with Gasteiger partial charge in [0.2, 0.25) is 0 Å². The third kappa shape index (κ3) is 2.70. The fourth-order valence-electron chi connectivity index (χ4n) is 3.86. The number of thiophene rings is 1. The molecule has 0 saturated heterocycles. The van der Waals surface area contributed by atoms with Gasteiger partial charge in [-0.2, -0.15) is 5.26 Å². The van der Waals surface area contributed by atoms with Crippen LogP contribution in [0.2, 0.25) is 0 Å². The third-order valence-electron chi connectivity index (χ3n) is 5.15. The molecule has 4 rings (SSSR count). The molecule has 5 heteroatoms. The lowest BCUT2D eigenvalue weighted by Gasteiger charge is -2.07. The molecule has 138 valence electrons. The van der Waals surface area contributed by atoms with Crippen LogP contribution in [-0.4, -0.2) is 15.6 Å². The molecular weight excluding hydrogens is 368 g/mol. The van der Waals surface area contributed by atoms with E-state index < -0.39 is 5.97 Å². The predicted molar refractivity (Wildman–Crippen MR) is 113 cm³/mol. The molecule has 4 nitrogen and oxygen atoms in total. The number of aromatic nitrogens is 1. The van der Waals surface area contributed by atoms with Gasteiger partial charge in [0, 0.05) is 28.4 Å². The standard InChI is InChI=1S/C23H18N2O2S/c1-3-19-18(13-24)21(22(23(26)27)25(19)2)15-9-7-14(8-10-15)16-5-4-6-20-17(16)11-12-28-20/h4-12H,3H2,1-2H3,(H,26,27). The van der Waals surface area contributed by atoms with Crippen molar-refractivity contribution in [2.75, 3.05) is 0 Å². The molecule has 0 amide bonds. The number of carboxylic acids is 1. The summed E-state index contributed by atoms with van der Waals surface area (Å²) in [6, 6.07) is 18.4. The summed E-state index contributed by atoms with van der Waals surface area (Å²) in [6.07, 6.45) is 0.595. The van der Waals surface area contributed by atoms with Crippen molar-refractivity contribution in [2.24, 2.45) is 7.05 Å². The number of carboxylic acid groups (broad SMARTS) is 1. The monoisotopic (exact) mass is 386 g/mol. The number of aromatic carboxylic acids is 1. The molecule has 0 aliphatic carbocycles. The van der Waals surface area contributed by atoms with Crippen molar-refractivity contribution in [2.45, 2.75) is 13.3 Å². The Kier molecular flexibility index (Phi) is 4.50. The number of benzene rings is 2. The normalized spacial score (nSPS) is 10.9. The number of carbonyl (C=O) groups is 1. The predicted octanol–water partition coefficient (Wildman–Crippen LogP) is 5.71. The van der Waals surface area contributed by atoms with Crippen molar-refractivity contribution in [1.82, 2.24) is 4.57 Å². The zero-order valence-corrected chi connectivity index (χ0v) is 16.4. The topological polar surface area (TPSA) is 66.0 Å². The third-order valence-corrected chi connectivity index (χ3v) is 6.03. The molecule has 1 N–H and O–H groups in total. The van der Waals surface area contributed by atoms with Gasteiger partial charge in [0.15, 0.2) is 0 Å². The van der Waals surface area contributed by atoms with E-state index in [0.717, 1.165) is 22.4 Å². The zero-order chi connectivity index (χ0) is 19.8. The fourth-order valence-corrected chi connectivity index (χ4v) is 4.67. The van der Waals surface area contributed by atoms with Gasteiger partial charge in [-0.15, -0.1) is 11.3 Å². The Balaban J connectivity index is 1.88. The van der Waals surface area contributed by atoms with Gasteiger partial charge in [-0.1, -0.05) is 43.3 Å². The van der Waals surface area contributed by atoms with E-state index in [1.807, 2.05) is 37.3 Å². The van der Waals surface area contributed by atoms with E-state index in [-0.39, 0.29) is 5.69 Å². The number of nitriles is 1. The van der Waals surface area contributed by atoms with Crippen molar-refractivity contribution in [3.05, 3.63) is 70.9 Å². The van der Waals surface area contributed by atoms with Crippen molar-refractivity contribution in [3.8, 4) is 28.3 Å². The van der Waals surface area contributed by atoms with Crippen LogP contribution in [0.25, 0.3) is 32.3 Å². The lowest BCUT2D eigenvalue weighted by Crippen LogP contribution is -2.07. The summed E-state index contributed by atoms with van der Waals surface area (Å²) >= 11 is 1.71. The van der Waals surface area contributed by atoms with Gasteiger partial charge in [0.25, 0.3) is 0 Å². The molecule has 0 fully saturated rings. The molecule has 0 aliphatic rings. The van der Waals surface area contributed by atoms with E-state index in [9.17, 15) is 15.2 Å². The lowest BCUT2D eigenvalue weighted by atomic mass is 9.96. The second-order valence-corrected chi connectivity index (χ2v) is 7.54. The molecule has 0 spiro atoms. The van der Waals surface area contributed by atoms with Crippen LogP contribution in [0.1, 0.15) is 28.7 Å². The number of nitrogens with zero attached hydrogens (tertiary/aromatic N) is 2. The first-order valence-corrected chi connectivity index (χ1v) is 9.86. The maximum Gasteiger partial charge on any atom is 0.353 e. The Morgan fingerprint density at radius 2 is 1.86 bits per heavy atom. The molecule has 2 aromatic carbocycles. The maximum atomic E-state index is 11.9. The maximum absolute atomic E-state index is 11.9. The van der Waals surface area contributed by atoms with Gasteiger partial charge >= 0.3 is 5.97 Å². The summed E-state index contributed by atoms with van der Waals surface area (Å²) < 4.78 is 2.85. The summed E-state index contributed by atoms with van der Waals surface area (Å²) in [6.45, 7) is 1.93. The molecule has 2 heterocycles. The minimum absolute atomic E-state index is 0.154. The van der Waals surface area contributed by atoms with Crippen LogP contribution in [-0.2, 0) is 13.5 Å². The summed E-state index contributed by atoms with van der Waals surface area (Å²) in [5.74, 6) is -1.03. The molecule has 0 radical (unpaired) electrons. The quantitative estimate of drug-likeness (QED) is 0.489. The second-order valence-electron chi connectivity index (χ2n) is 6.59. The minimum Gasteiger partial charge on any atom is -0.477 e. The van der Waals surface area contributed by atoms with E-state index in [4.69, 9.17) is 0 Å². The Bertz CT molecular complexity index is 1240. The zero-order valence-electron chi connectivity index (χ0n) is 15.6. The Morgan fingerprint density at radius 3 is 2.50 bits per heavy atom. The Labute approximate surface area is 166 Å². The fraction of sp³-hybridized carbons (Fsp3) is 0.130. The second kappa shape index (κ2) is 6.99. The highest BCUT2D eigenvalue weighted by atomic mass is 32.1. The molecular formula is C23H18N2O2S. The highest BCUT2D eigenvalue weighted by Gasteiger charge is 2.25. The van der Waals surface area contributed by atoms with Crippen LogP contribution in [0.5, 0.6) is 0 Å². The molecule has 0 atom stereocenters. The van der Waals surface area contributed by atoms with Crippen LogP contribution in [0.4, 0.5) is 0 Å². The van der Waals surface area contributed by atoms with Gasteiger partial charge < -0.3 is 9.67 Å². The molecule has 0 unspecified atom stereocenters. The molecule has 28 heavy (non-hydrogen) atoms. The number of hydrogen-bond donors (Lipinski definition) is 1. The van der Waals surface area contributed by atoms with E-state index in [1.165, 1.54) is 10.1 Å². The van der Waals surface area contributed by atoms with Gasteiger partial charge in [-0.05, 0) is 40.6 Å². The largest absolute Gasteiger partial charge is 0.477 e. The summed E-state index contributed by atoms with van der Waals surface area (Å²) in [5, 5.41) is 22.7. The van der Waals surface area contributed by atoms with Crippen molar-refractivity contribution >= 4 is 27.4 Å². The van der Waals surface area contributed by atoms with E-state index in [1.54, 1.807) is 23.0 Å². The van der Waals surface area contributed by atoms with Crippen LogP contribution < -0.4 is 0 Å². The molecule has 0 bridgehead atoms. The van der Waals surface area contributed by atoms with E-state index in [2.05, 4.69) is 29.6 Å². The summed E-state index contributed by atoms with van der Waals surface area (Å²) in [4.78, 5) is 11.9. The highest BCUT2D eigenvalue weighted by molar-refractivity contribution is 7.17. The average Bonchev–Trinajstić information content (AvgIpc) is 3.29. The van der Waals surface area contributed by atoms with Gasteiger partial charge in [-0.25, -0.2) is 4.79 Å². The Hall–Kier alpha value is -3.36. The number of fused-ring (bicyclic) bond motifs is 1. The lowest BCUT2D eigenvalue weighted by molar-refractivity contribution is 0.0687. The SMILES string of the molecule is CCc1c(C#N)c(-c2ccc(-c3cccc4sccc34)cc2)c(C(=O)O)n1C. The van der Waals surface area contributed by atoms with Gasteiger partial charge in [0.05, 0.1) is 5.56 Å². The molecule has 0 saturated carbocycles. The smallest absolute Gasteiger partial charge is 0.353 e. The molecule has 2 aromatic heterocycles. The number of hydrogen-bond acceptors (Lipinski definition) is 3. The first kappa shape index (κ1) is 18.0. The van der Waals surface area contributed by atoms with Crippen molar-refractivity contribution < 1.29 is 9.90 Å². The van der Waals surface area contributed by atoms with Crippen molar-refractivity contribution in [3.63, 3.8) is 0 Å². The van der Waals surface area contributed by atoms with E-state index >= 15 is 0 Å². The van der Waals surface area contributed by atoms with Crippen LogP contribution in [0.15, 0.2) is 53.9 Å². The Morgan fingerprint density at radius 1 is 1.14 bits per heavy atom. The number of rotatable bonds is 4. The van der Waals surface area contributed by atoms with Crippen LogP contribution >= 0.6 is 11.3 Å².